The lowest BCUT2D eigenvalue weighted by Crippen LogP contribution is -2.52. The number of fused-ring (bicyclic) bond motifs is 2. The zero-order chi connectivity index (χ0) is 44.0. The van der Waals surface area contributed by atoms with Gasteiger partial charge in [-0.25, -0.2) is 0 Å². The highest BCUT2D eigenvalue weighted by atomic mass is 32.1. The summed E-state index contributed by atoms with van der Waals surface area (Å²) in [4.78, 5) is 88.3. The number of anilines is 1. The number of likely N-dealkylation sites (tertiary alicyclic amines) is 1. The van der Waals surface area contributed by atoms with Crippen molar-refractivity contribution in [3.05, 3.63) is 81.1 Å². The third-order valence-electron chi connectivity index (χ3n) is 12.3. The molecule has 5 amide bonds. The fourth-order valence-corrected chi connectivity index (χ4v) is 10.0. The van der Waals surface area contributed by atoms with Crippen molar-refractivity contribution in [3.8, 4) is 22.6 Å². The smallest absolute Gasteiger partial charge is 0.261 e. The van der Waals surface area contributed by atoms with Gasteiger partial charge in [-0.3, -0.25) is 43.9 Å². The molecule has 0 bridgehead atoms. The summed E-state index contributed by atoms with van der Waals surface area (Å²) in [6.07, 6.45) is 3.44. The molecule has 0 aliphatic carbocycles. The molecule has 326 valence electrons. The molecule has 0 saturated carbocycles. The van der Waals surface area contributed by atoms with Crippen molar-refractivity contribution in [2.24, 2.45) is 7.05 Å². The highest BCUT2D eigenvalue weighted by Gasteiger charge is 2.42. The molecule has 2 N–H and O–H groups in total. The number of thiophene rings is 1. The quantitative estimate of drug-likeness (QED) is 0.213. The summed E-state index contributed by atoms with van der Waals surface area (Å²) in [6, 6.07) is 10.3. The lowest BCUT2D eigenvalue weighted by Gasteiger charge is -2.38. The predicted octanol–water partition coefficient (Wildman–Crippen LogP) is 3.12. The number of carbonyl (C=O) groups is 5. The summed E-state index contributed by atoms with van der Waals surface area (Å²) in [5.41, 5.74) is 4.82. The highest BCUT2D eigenvalue weighted by molar-refractivity contribution is 7.21. The number of nitrogens with one attached hydrogen (secondary N) is 2. The average Bonchev–Trinajstić information content (AvgIpc) is 3.81. The first-order valence-electron chi connectivity index (χ1n) is 20.8. The first kappa shape index (κ1) is 42.6. The van der Waals surface area contributed by atoms with Crippen LogP contribution in [-0.2, 0) is 28.0 Å². The van der Waals surface area contributed by atoms with Gasteiger partial charge in [-0.05, 0) is 69.3 Å². The number of amides is 5. The molecule has 4 aliphatic heterocycles. The molecule has 17 heteroatoms. The van der Waals surface area contributed by atoms with Gasteiger partial charge in [-0.1, -0.05) is 12.6 Å². The number of rotatable bonds is 11. The molecule has 1 atom stereocenters. The average molecular weight is 865 g/mol. The molecular weight excluding hydrogens is 813 g/mol. The van der Waals surface area contributed by atoms with Crippen LogP contribution in [0.25, 0.3) is 26.9 Å². The summed E-state index contributed by atoms with van der Waals surface area (Å²) >= 11 is 1.28. The van der Waals surface area contributed by atoms with E-state index in [1.165, 1.54) is 20.8 Å². The molecule has 2 aromatic carbocycles. The van der Waals surface area contributed by atoms with Gasteiger partial charge < -0.3 is 34.1 Å². The number of benzene rings is 2. The number of hydrogen-bond acceptors (Lipinski definition) is 12. The highest BCUT2D eigenvalue weighted by Crippen LogP contribution is 2.40. The zero-order valence-corrected chi connectivity index (χ0v) is 36.6. The molecule has 1 unspecified atom stereocenters. The lowest BCUT2D eigenvalue weighted by molar-refractivity contribution is -0.136. The maximum absolute atomic E-state index is 13.7. The van der Waals surface area contributed by atoms with Crippen molar-refractivity contribution >= 4 is 62.3 Å². The van der Waals surface area contributed by atoms with E-state index in [0.717, 1.165) is 22.4 Å². The van der Waals surface area contributed by atoms with Crippen LogP contribution in [0.5, 0.6) is 11.5 Å². The van der Waals surface area contributed by atoms with Crippen molar-refractivity contribution in [2.75, 3.05) is 79.0 Å². The Morgan fingerprint density at radius 3 is 2.24 bits per heavy atom. The van der Waals surface area contributed by atoms with Crippen molar-refractivity contribution in [3.63, 3.8) is 0 Å². The summed E-state index contributed by atoms with van der Waals surface area (Å²) in [5.74, 6) is 0.0132. The van der Waals surface area contributed by atoms with Gasteiger partial charge in [0.25, 0.3) is 17.4 Å². The predicted molar refractivity (Wildman–Crippen MR) is 237 cm³/mol. The minimum Gasteiger partial charge on any atom is -0.496 e. The zero-order valence-electron chi connectivity index (χ0n) is 35.7. The number of imide groups is 1. The number of methoxy groups -OCH3 is 2. The van der Waals surface area contributed by atoms with Gasteiger partial charge >= 0.3 is 0 Å². The summed E-state index contributed by atoms with van der Waals surface area (Å²) in [6.45, 7) is 8.73. The third kappa shape index (κ3) is 8.19. The Labute approximate surface area is 363 Å². The summed E-state index contributed by atoms with van der Waals surface area (Å²) in [5, 5.41) is 5.95. The largest absolute Gasteiger partial charge is 0.496 e. The van der Waals surface area contributed by atoms with Crippen LogP contribution in [0.15, 0.2) is 54.0 Å². The first-order valence-corrected chi connectivity index (χ1v) is 21.7. The van der Waals surface area contributed by atoms with E-state index in [-0.39, 0.29) is 48.1 Å². The van der Waals surface area contributed by atoms with E-state index in [4.69, 9.17) is 9.47 Å². The van der Waals surface area contributed by atoms with Crippen LogP contribution in [0.3, 0.4) is 0 Å². The molecule has 0 spiro atoms. The van der Waals surface area contributed by atoms with Crippen LogP contribution >= 0.6 is 11.3 Å². The van der Waals surface area contributed by atoms with Gasteiger partial charge in [0.15, 0.2) is 0 Å². The first-order chi connectivity index (χ1) is 29.7. The van der Waals surface area contributed by atoms with Gasteiger partial charge in [0, 0.05) is 98.7 Å². The van der Waals surface area contributed by atoms with Crippen LogP contribution in [0.4, 0.5) is 5.69 Å². The van der Waals surface area contributed by atoms with Crippen LogP contribution in [0, 0.1) is 0 Å². The number of aryl methyl sites for hydroxylation is 1. The second kappa shape index (κ2) is 17.4. The van der Waals surface area contributed by atoms with Gasteiger partial charge in [0.05, 0.1) is 42.2 Å². The number of ether oxygens (including phenoxy) is 2. The Morgan fingerprint density at radius 2 is 1.60 bits per heavy atom. The number of aromatic nitrogens is 1. The van der Waals surface area contributed by atoms with Gasteiger partial charge in [0.1, 0.15) is 17.5 Å². The molecule has 2 aromatic heterocycles. The maximum atomic E-state index is 13.7. The standard InChI is InChI=1S/C45H52N8O8S/c1-26-30-8-7-29(21-31(30)45(59)53(26)35-9-10-39(54)47-42(35)56)51-17-15-50(16-18-51)25-40(55)52-13-11-28(12-14-52)46-43(57)38-22-32-41(62-38)33(24-49(4)44(32)58)27-19-36(60-5)34(23-48(2)3)37(20-27)61-6/h7-8,19-22,24,28,35H,1,9-18,23,25H2,2-6H3,(H,46,57)(H,47,54,56). The lowest BCUT2D eigenvalue weighted by atomic mass is 10.0. The molecule has 4 aliphatic rings. The summed E-state index contributed by atoms with van der Waals surface area (Å²) in [7, 11) is 8.89. The van der Waals surface area contributed by atoms with E-state index in [0.29, 0.717) is 108 Å². The number of nitrogens with zero attached hydrogens (tertiary/aromatic N) is 6. The molecule has 62 heavy (non-hydrogen) atoms. The molecule has 3 saturated heterocycles. The number of hydrogen-bond donors (Lipinski definition) is 2. The van der Waals surface area contributed by atoms with E-state index in [9.17, 15) is 28.8 Å². The Balaban J connectivity index is 0.849. The van der Waals surface area contributed by atoms with Crippen LogP contribution in [0.2, 0.25) is 0 Å². The molecule has 8 rings (SSSR count). The summed E-state index contributed by atoms with van der Waals surface area (Å²) < 4.78 is 13.8. The number of carbonyl (C=O) groups excluding carboxylic acids is 5. The van der Waals surface area contributed by atoms with E-state index in [1.54, 1.807) is 33.5 Å². The molecule has 6 heterocycles. The van der Waals surface area contributed by atoms with E-state index < -0.39 is 11.9 Å². The number of pyridine rings is 1. The van der Waals surface area contributed by atoms with E-state index in [1.807, 2.05) is 54.2 Å². The van der Waals surface area contributed by atoms with Crippen LogP contribution in [-0.4, -0.2) is 140 Å². The van der Waals surface area contributed by atoms with Crippen molar-refractivity contribution in [1.82, 2.24) is 34.8 Å². The molecule has 16 nitrogen and oxygen atoms in total. The van der Waals surface area contributed by atoms with Gasteiger partial charge in [0.2, 0.25) is 17.7 Å². The Morgan fingerprint density at radius 1 is 0.903 bits per heavy atom. The Kier molecular flexibility index (Phi) is 12.0. The van der Waals surface area contributed by atoms with Gasteiger partial charge in [-0.15, -0.1) is 11.3 Å². The Hall–Kier alpha value is -6.04. The second-order valence-electron chi connectivity index (χ2n) is 16.6. The molecule has 4 aromatic rings. The van der Waals surface area contributed by atoms with E-state index >= 15 is 0 Å². The van der Waals surface area contributed by atoms with Crippen molar-refractivity contribution < 1.29 is 33.4 Å². The van der Waals surface area contributed by atoms with Crippen LogP contribution < -0.4 is 30.6 Å². The minimum atomic E-state index is -0.770. The molecular formula is C45H52N8O8S. The third-order valence-corrected chi connectivity index (χ3v) is 13.5. The maximum Gasteiger partial charge on any atom is 0.261 e. The minimum absolute atomic E-state index is 0.0503. The van der Waals surface area contributed by atoms with Gasteiger partial charge in [-0.2, -0.15) is 0 Å². The van der Waals surface area contributed by atoms with E-state index in [2.05, 4.69) is 27.0 Å². The number of piperidine rings is 2. The SMILES string of the molecule is C=C1c2ccc(N3CCN(CC(=O)N4CCC(NC(=O)c5cc6c(=O)n(C)cc(-c7cc(OC)c(CN(C)C)c(OC)c7)c6s5)CC4)CC3)cc2C(=O)N1C1CCC(=O)NC1=O. The van der Waals surface area contributed by atoms with Crippen LogP contribution in [0.1, 0.15) is 56.8 Å². The van der Waals surface area contributed by atoms with Crippen molar-refractivity contribution in [1.29, 1.82) is 0 Å². The Bertz CT molecular complexity index is 2520. The fourth-order valence-electron chi connectivity index (χ4n) is 8.96. The molecule has 3 fully saturated rings. The number of piperazine rings is 1. The molecule has 0 radical (unpaired) electrons. The second-order valence-corrected chi connectivity index (χ2v) is 17.7. The fraction of sp³-hybridized carbons (Fsp3) is 0.422. The topological polar surface area (TPSA) is 166 Å². The van der Waals surface area contributed by atoms with Crippen molar-refractivity contribution in [2.45, 2.75) is 44.3 Å². The normalized spacial score (nSPS) is 18.7. The monoisotopic (exact) mass is 864 g/mol.